The van der Waals surface area contributed by atoms with Gasteiger partial charge in [0.05, 0.1) is 14.2 Å². The monoisotopic (exact) mass is 554 g/mol. The Kier molecular flexibility index (Phi) is 13.5. The minimum absolute atomic E-state index is 0.00435. The number of carbonyl (C=O) groups is 2. The molecule has 0 unspecified atom stereocenters. The van der Waals surface area contributed by atoms with E-state index in [0.717, 1.165) is 0 Å². The van der Waals surface area contributed by atoms with Crippen molar-refractivity contribution in [3.63, 3.8) is 0 Å². The van der Waals surface area contributed by atoms with Crippen LogP contribution in [0.2, 0.25) is 0 Å². The molecule has 4 aromatic carbocycles. The largest absolute Gasteiger partial charge is 0.493 e. The van der Waals surface area contributed by atoms with E-state index in [1.807, 2.05) is 60.7 Å². The van der Waals surface area contributed by atoms with Crippen molar-refractivity contribution >= 4 is 11.6 Å². The molecule has 1 fully saturated rings. The highest BCUT2D eigenvalue weighted by Crippen LogP contribution is 2.26. The van der Waals surface area contributed by atoms with Gasteiger partial charge in [-0.05, 0) is 24.3 Å². The molecule has 0 spiro atoms. The van der Waals surface area contributed by atoms with E-state index < -0.39 is 0 Å². The summed E-state index contributed by atoms with van der Waals surface area (Å²) in [4.78, 5) is 23.7. The number of ketones is 2. The standard InChI is InChI=1S/2C15H14O3.C5H10/c2*1-17-14-9-5-6-10-15(14)18-11-13(16)12-7-3-2-4-8-12;1-2-4-5-3-1/h2*2-10H,11H2,1H3;1-5H2. The minimum Gasteiger partial charge on any atom is -0.493 e. The van der Waals surface area contributed by atoms with E-state index in [1.165, 1.54) is 32.1 Å². The quantitative estimate of drug-likeness (QED) is 0.186. The lowest BCUT2D eigenvalue weighted by Gasteiger charge is -2.09. The van der Waals surface area contributed by atoms with E-state index in [-0.39, 0.29) is 24.8 Å². The lowest BCUT2D eigenvalue weighted by Crippen LogP contribution is -2.11. The van der Waals surface area contributed by atoms with Gasteiger partial charge >= 0.3 is 0 Å². The van der Waals surface area contributed by atoms with Crippen LogP contribution in [-0.4, -0.2) is 39.0 Å². The zero-order valence-electron chi connectivity index (χ0n) is 23.8. The fourth-order valence-corrected chi connectivity index (χ4v) is 4.06. The summed E-state index contributed by atoms with van der Waals surface area (Å²) in [6, 6.07) is 32.7. The van der Waals surface area contributed by atoms with Crippen LogP contribution in [0.4, 0.5) is 0 Å². The topological polar surface area (TPSA) is 71.1 Å². The summed E-state index contributed by atoms with van der Waals surface area (Å²) in [6.07, 6.45) is 7.50. The number of methoxy groups -OCH3 is 2. The highest BCUT2D eigenvalue weighted by molar-refractivity contribution is 5.97. The smallest absolute Gasteiger partial charge is 0.200 e. The molecule has 0 atom stereocenters. The first kappa shape index (κ1) is 31.0. The maximum atomic E-state index is 11.9. The van der Waals surface area contributed by atoms with Crippen LogP contribution < -0.4 is 18.9 Å². The van der Waals surface area contributed by atoms with Gasteiger partial charge in [-0.1, -0.05) is 117 Å². The third kappa shape index (κ3) is 10.8. The normalized spacial score (nSPS) is 11.6. The molecule has 1 aliphatic carbocycles. The van der Waals surface area contributed by atoms with Gasteiger partial charge in [0.2, 0.25) is 0 Å². The van der Waals surface area contributed by atoms with E-state index in [4.69, 9.17) is 18.9 Å². The first-order valence-electron chi connectivity index (χ1n) is 13.8. The molecule has 6 heteroatoms. The van der Waals surface area contributed by atoms with Crippen LogP contribution in [0.25, 0.3) is 0 Å². The van der Waals surface area contributed by atoms with Gasteiger partial charge in [0.15, 0.2) is 47.8 Å². The zero-order valence-corrected chi connectivity index (χ0v) is 23.8. The number of hydrogen-bond donors (Lipinski definition) is 0. The van der Waals surface area contributed by atoms with Gasteiger partial charge < -0.3 is 18.9 Å². The van der Waals surface area contributed by atoms with Crippen molar-refractivity contribution in [3.05, 3.63) is 120 Å². The van der Waals surface area contributed by atoms with Crippen molar-refractivity contribution in [2.45, 2.75) is 32.1 Å². The maximum absolute atomic E-state index is 11.9. The van der Waals surface area contributed by atoms with Gasteiger partial charge in [0, 0.05) is 11.1 Å². The molecule has 4 aromatic rings. The van der Waals surface area contributed by atoms with Crippen molar-refractivity contribution in [1.29, 1.82) is 0 Å². The summed E-state index contributed by atoms with van der Waals surface area (Å²) in [7, 11) is 3.14. The number of Topliss-reactive ketones (excluding diaryl/α,β-unsaturated/α-hetero) is 2. The highest BCUT2D eigenvalue weighted by Gasteiger charge is 2.09. The minimum atomic E-state index is -0.0542. The Balaban J connectivity index is 0.000000193. The SMILES string of the molecule is C1CCCC1.COc1ccccc1OCC(=O)c1ccccc1.COc1ccccc1OCC(=O)c1ccccc1. The summed E-state index contributed by atoms with van der Waals surface area (Å²) in [5, 5.41) is 0. The van der Waals surface area contributed by atoms with Gasteiger partial charge in [-0.3, -0.25) is 9.59 Å². The third-order valence-electron chi connectivity index (χ3n) is 6.30. The van der Waals surface area contributed by atoms with E-state index in [2.05, 4.69) is 0 Å². The summed E-state index contributed by atoms with van der Waals surface area (Å²) in [6.45, 7) is 0.00870. The molecule has 0 bridgehead atoms. The molecule has 0 radical (unpaired) electrons. The summed E-state index contributed by atoms with van der Waals surface area (Å²) in [5.41, 5.74) is 1.29. The average Bonchev–Trinajstić information content (AvgIpc) is 3.64. The molecule has 41 heavy (non-hydrogen) atoms. The first-order chi connectivity index (χ1) is 20.1. The molecule has 214 valence electrons. The van der Waals surface area contributed by atoms with Crippen LogP contribution in [0.15, 0.2) is 109 Å². The zero-order chi connectivity index (χ0) is 29.1. The fourth-order valence-electron chi connectivity index (χ4n) is 4.06. The summed E-state index contributed by atoms with van der Waals surface area (Å²) in [5.74, 6) is 2.29. The molecular formula is C35H38O6. The van der Waals surface area contributed by atoms with Gasteiger partial charge in [0.1, 0.15) is 0 Å². The van der Waals surface area contributed by atoms with E-state index >= 15 is 0 Å². The fraction of sp³-hybridized carbons (Fsp3) is 0.257. The van der Waals surface area contributed by atoms with Crippen LogP contribution in [0, 0.1) is 0 Å². The molecule has 0 saturated heterocycles. The molecule has 0 heterocycles. The van der Waals surface area contributed by atoms with Gasteiger partial charge in [0.25, 0.3) is 0 Å². The van der Waals surface area contributed by atoms with Crippen LogP contribution in [0.3, 0.4) is 0 Å². The summed E-state index contributed by atoms with van der Waals surface area (Å²) >= 11 is 0. The second-order valence-electron chi connectivity index (χ2n) is 9.23. The number of rotatable bonds is 10. The molecule has 1 saturated carbocycles. The Morgan fingerprint density at radius 3 is 1.07 bits per heavy atom. The Bertz CT molecular complexity index is 1210. The number of benzene rings is 4. The number of carbonyl (C=O) groups excluding carboxylic acids is 2. The number of hydrogen-bond acceptors (Lipinski definition) is 6. The lowest BCUT2D eigenvalue weighted by molar-refractivity contribution is 0.0913. The van der Waals surface area contributed by atoms with Crippen molar-refractivity contribution in [2.24, 2.45) is 0 Å². The van der Waals surface area contributed by atoms with Crippen molar-refractivity contribution in [3.8, 4) is 23.0 Å². The molecule has 1 aliphatic rings. The Labute approximate surface area is 242 Å². The van der Waals surface area contributed by atoms with E-state index in [0.29, 0.717) is 34.1 Å². The molecule has 0 aromatic heterocycles. The molecule has 5 rings (SSSR count). The summed E-state index contributed by atoms with van der Waals surface area (Å²) < 4.78 is 21.2. The average molecular weight is 555 g/mol. The van der Waals surface area contributed by atoms with Crippen molar-refractivity contribution in [1.82, 2.24) is 0 Å². The predicted octanol–water partition coefficient (Wildman–Crippen LogP) is 7.86. The van der Waals surface area contributed by atoms with Crippen molar-refractivity contribution < 1.29 is 28.5 Å². The second kappa shape index (κ2) is 17.9. The number of para-hydroxylation sites is 4. The predicted molar refractivity (Wildman–Crippen MR) is 162 cm³/mol. The highest BCUT2D eigenvalue weighted by atomic mass is 16.5. The van der Waals surface area contributed by atoms with Crippen LogP contribution in [0.1, 0.15) is 52.8 Å². The lowest BCUT2D eigenvalue weighted by atomic mass is 10.1. The van der Waals surface area contributed by atoms with Crippen LogP contribution in [0.5, 0.6) is 23.0 Å². The molecular weight excluding hydrogens is 516 g/mol. The Morgan fingerprint density at radius 1 is 0.463 bits per heavy atom. The van der Waals surface area contributed by atoms with E-state index in [1.54, 1.807) is 62.8 Å². The molecule has 0 N–H and O–H groups in total. The molecule has 0 amide bonds. The second-order valence-corrected chi connectivity index (χ2v) is 9.23. The Morgan fingerprint density at radius 2 is 0.756 bits per heavy atom. The Hall–Kier alpha value is -4.58. The van der Waals surface area contributed by atoms with Crippen LogP contribution >= 0.6 is 0 Å². The molecule has 0 aliphatic heterocycles. The maximum Gasteiger partial charge on any atom is 0.200 e. The van der Waals surface area contributed by atoms with Gasteiger partial charge in [-0.25, -0.2) is 0 Å². The van der Waals surface area contributed by atoms with Gasteiger partial charge in [-0.2, -0.15) is 0 Å². The number of ether oxygens (including phenoxy) is 4. The first-order valence-corrected chi connectivity index (χ1v) is 13.8. The van der Waals surface area contributed by atoms with E-state index in [9.17, 15) is 9.59 Å². The molecule has 6 nitrogen and oxygen atoms in total. The third-order valence-corrected chi connectivity index (χ3v) is 6.30. The van der Waals surface area contributed by atoms with Crippen molar-refractivity contribution in [2.75, 3.05) is 27.4 Å². The van der Waals surface area contributed by atoms with Crippen LogP contribution in [-0.2, 0) is 0 Å². The van der Waals surface area contributed by atoms with Gasteiger partial charge in [-0.15, -0.1) is 0 Å².